The van der Waals surface area contributed by atoms with Crippen LogP contribution in [0.3, 0.4) is 0 Å². The molecule has 0 spiro atoms. The number of aromatic nitrogens is 3. The minimum atomic E-state index is 0.607. The molecule has 0 unspecified atom stereocenters. The van der Waals surface area contributed by atoms with Crippen molar-refractivity contribution in [2.45, 2.75) is 46.1 Å². The van der Waals surface area contributed by atoms with Crippen molar-refractivity contribution in [2.75, 3.05) is 5.88 Å². The Bertz CT molecular complexity index is 519. The molecule has 0 fully saturated rings. The summed E-state index contributed by atoms with van der Waals surface area (Å²) in [5.74, 6) is 1.67. The van der Waals surface area contributed by atoms with Gasteiger partial charge >= 0.3 is 0 Å². The molecule has 0 saturated heterocycles. The second-order valence-corrected chi connectivity index (χ2v) is 5.00. The van der Waals surface area contributed by atoms with Gasteiger partial charge in [0.15, 0.2) is 5.65 Å². The molecule has 0 aromatic carbocycles. The molecule has 0 amide bonds. The first-order valence-electron chi connectivity index (χ1n) is 6.65. The molecule has 0 bridgehead atoms. The Morgan fingerprint density at radius 3 is 2.78 bits per heavy atom. The average Bonchev–Trinajstić information content (AvgIpc) is 2.68. The van der Waals surface area contributed by atoms with Crippen molar-refractivity contribution in [1.29, 1.82) is 0 Å². The number of fused-ring (bicyclic) bond motifs is 1. The number of imidazole rings is 1. The van der Waals surface area contributed by atoms with Crippen molar-refractivity contribution in [3.05, 3.63) is 23.7 Å². The number of hydrogen-bond donors (Lipinski definition) is 0. The normalized spacial score (nSPS) is 11.3. The van der Waals surface area contributed by atoms with E-state index in [-0.39, 0.29) is 0 Å². The van der Waals surface area contributed by atoms with Crippen molar-refractivity contribution in [2.24, 2.45) is 0 Å². The van der Waals surface area contributed by atoms with E-state index in [1.54, 1.807) is 0 Å². The fraction of sp³-hybridized carbons (Fsp3) is 0.571. The van der Waals surface area contributed by atoms with Crippen LogP contribution >= 0.6 is 11.6 Å². The smallest absolute Gasteiger partial charge is 0.160 e. The van der Waals surface area contributed by atoms with E-state index in [9.17, 15) is 0 Å². The predicted octanol–water partition coefficient (Wildman–Crippen LogP) is 3.71. The van der Waals surface area contributed by atoms with Crippen LogP contribution in [-0.2, 0) is 13.0 Å². The molecule has 0 saturated carbocycles. The van der Waals surface area contributed by atoms with Crippen LogP contribution in [0.1, 0.15) is 37.7 Å². The molecule has 0 atom stereocenters. The Morgan fingerprint density at radius 2 is 2.06 bits per heavy atom. The van der Waals surface area contributed by atoms with Crippen molar-refractivity contribution in [1.82, 2.24) is 14.5 Å². The number of halogens is 1. The zero-order valence-corrected chi connectivity index (χ0v) is 11.9. The maximum absolute atomic E-state index is 5.85. The molecule has 0 N–H and O–H groups in total. The van der Waals surface area contributed by atoms with Crippen LogP contribution < -0.4 is 0 Å². The fourth-order valence-electron chi connectivity index (χ4n) is 2.17. The number of alkyl halides is 1. The number of unbranched alkanes of at least 4 members (excludes halogenated alkanes) is 2. The third-order valence-electron chi connectivity index (χ3n) is 3.11. The van der Waals surface area contributed by atoms with E-state index in [1.807, 2.05) is 19.1 Å². The molecule has 0 aliphatic rings. The first-order valence-corrected chi connectivity index (χ1v) is 7.18. The quantitative estimate of drug-likeness (QED) is 0.589. The summed E-state index contributed by atoms with van der Waals surface area (Å²) in [6, 6.07) is 4.06. The highest BCUT2D eigenvalue weighted by Crippen LogP contribution is 2.17. The maximum atomic E-state index is 5.85. The molecule has 0 radical (unpaired) electrons. The topological polar surface area (TPSA) is 30.7 Å². The van der Waals surface area contributed by atoms with Crippen molar-refractivity contribution in [3.63, 3.8) is 0 Å². The van der Waals surface area contributed by atoms with Crippen LogP contribution in [0.25, 0.3) is 11.2 Å². The molecule has 4 heteroatoms. The third-order valence-corrected chi connectivity index (χ3v) is 3.30. The van der Waals surface area contributed by atoms with Gasteiger partial charge in [0.1, 0.15) is 11.3 Å². The maximum Gasteiger partial charge on any atom is 0.160 e. The van der Waals surface area contributed by atoms with E-state index in [0.717, 1.165) is 35.6 Å². The second kappa shape index (κ2) is 6.19. The Hall–Kier alpha value is -1.09. The van der Waals surface area contributed by atoms with E-state index in [2.05, 4.69) is 21.5 Å². The van der Waals surface area contributed by atoms with Gasteiger partial charge in [-0.1, -0.05) is 19.8 Å². The first kappa shape index (κ1) is 13.3. The molecular formula is C14H20ClN3. The van der Waals surface area contributed by atoms with Crippen LogP contribution in [0.5, 0.6) is 0 Å². The van der Waals surface area contributed by atoms with Gasteiger partial charge in [0.2, 0.25) is 0 Å². The summed E-state index contributed by atoms with van der Waals surface area (Å²) in [7, 11) is 0. The Kier molecular flexibility index (Phi) is 4.59. The van der Waals surface area contributed by atoms with Gasteiger partial charge in [0.25, 0.3) is 0 Å². The molecular weight excluding hydrogens is 246 g/mol. The SMILES string of the molecule is CCCCCn1c(CCCl)nc2ccc(C)nc21. The number of hydrogen-bond acceptors (Lipinski definition) is 2. The predicted molar refractivity (Wildman–Crippen MR) is 76.2 cm³/mol. The van der Waals surface area contributed by atoms with Crippen LogP contribution in [0.15, 0.2) is 12.1 Å². The summed E-state index contributed by atoms with van der Waals surface area (Å²) in [5.41, 5.74) is 3.03. The van der Waals surface area contributed by atoms with E-state index >= 15 is 0 Å². The van der Waals surface area contributed by atoms with E-state index in [4.69, 9.17) is 11.6 Å². The highest BCUT2D eigenvalue weighted by molar-refractivity contribution is 6.17. The van der Waals surface area contributed by atoms with Crippen molar-refractivity contribution < 1.29 is 0 Å². The minimum Gasteiger partial charge on any atom is -0.313 e. The molecule has 3 nitrogen and oxygen atoms in total. The Labute approximate surface area is 113 Å². The van der Waals surface area contributed by atoms with Crippen LogP contribution in [0.2, 0.25) is 0 Å². The summed E-state index contributed by atoms with van der Waals surface area (Å²) < 4.78 is 2.24. The highest BCUT2D eigenvalue weighted by Gasteiger charge is 2.11. The molecule has 2 aromatic heterocycles. The molecule has 2 rings (SSSR count). The van der Waals surface area contributed by atoms with Gasteiger partial charge in [-0.05, 0) is 25.5 Å². The summed E-state index contributed by atoms with van der Waals surface area (Å²) in [4.78, 5) is 9.25. The lowest BCUT2D eigenvalue weighted by molar-refractivity contribution is 0.591. The largest absolute Gasteiger partial charge is 0.313 e. The fourth-order valence-corrected chi connectivity index (χ4v) is 2.34. The van der Waals surface area contributed by atoms with E-state index in [0.29, 0.717) is 5.88 Å². The lowest BCUT2D eigenvalue weighted by atomic mass is 10.2. The van der Waals surface area contributed by atoms with Crippen LogP contribution in [0.4, 0.5) is 0 Å². The Morgan fingerprint density at radius 1 is 1.22 bits per heavy atom. The van der Waals surface area contributed by atoms with Gasteiger partial charge in [-0.25, -0.2) is 9.97 Å². The molecule has 2 heterocycles. The van der Waals surface area contributed by atoms with Gasteiger partial charge in [-0.3, -0.25) is 0 Å². The summed E-state index contributed by atoms with van der Waals surface area (Å²) in [5, 5.41) is 0. The zero-order valence-electron chi connectivity index (χ0n) is 11.1. The van der Waals surface area contributed by atoms with Gasteiger partial charge in [0, 0.05) is 24.5 Å². The minimum absolute atomic E-state index is 0.607. The Balaban J connectivity index is 2.36. The standard InChI is InChI=1S/C14H20ClN3/c1-3-4-5-10-18-13(8-9-15)17-12-7-6-11(2)16-14(12)18/h6-7H,3-5,8-10H2,1-2H3. The van der Waals surface area contributed by atoms with Gasteiger partial charge in [-0.2, -0.15) is 0 Å². The van der Waals surface area contributed by atoms with Crippen LogP contribution in [0, 0.1) is 6.92 Å². The lowest BCUT2D eigenvalue weighted by Crippen LogP contribution is -2.06. The lowest BCUT2D eigenvalue weighted by Gasteiger charge is -2.07. The molecule has 0 aliphatic carbocycles. The summed E-state index contributed by atoms with van der Waals surface area (Å²) >= 11 is 5.85. The van der Waals surface area contributed by atoms with Crippen LogP contribution in [-0.4, -0.2) is 20.4 Å². The zero-order chi connectivity index (χ0) is 13.0. The van der Waals surface area contributed by atoms with Crippen molar-refractivity contribution in [3.8, 4) is 0 Å². The summed E-state index contributed by atoms with van der Waals surface area (Å²) in [6.07, 6.45) is 4.45. The van der Waals surface area contributed by atoms with Gasteiger partial charge in [-0.15, -0.1) is 11.6 Å². The highest BCUT2D eigenvalue weighted by atomic mass is 35.5. The van der Waals surface area contributed by atoms with Crippen molar-refractivity contribution >= 4 is 22.8 Å². The molecule has 18 heavy (non-hydrogen) atoms. The number of rotatable bonds is 6. The number of aryl methyl sites for hydroxylation is 3. The number of pyridine rings is 1. The van der Waals surface area contributed by atoms with E-state index in [1.165, 1.54) is 19.3 Å². The second-order valence-electron chi connectivity index (χ2n) is 4.62. The monoisotopic (exact) mass is 265 g/mol. The van der Waals surface area contributed by atoms with E-state index < -0.39 is 0 Å². The third kappa shape index (κ3) is 2.83. The molecule has 0 aliphatic heterocycles. The average molecular weight is 266 g/mol. The van der Waals surface area contributed by atoms with Gasteiger partial charge in [0.05, 0.1) is 0 Å². The summed E-state index contributed by atoms with van der Waals surface area (Å²) in [6.45, 7) is 5.23. The molecule has 2 aromatic rings. The number of nitrogens with zero attached hydrogens (tertiary/aromatic N) is 3. The molecule has 98 valence electrons. The first-order chi connectivity index (χ1) is 8.76. The van der Waals surface area contributed by atoms with Gasteiger partial charge < -0.3 is 4.57 Å².